The Morgan fingerprint density at radius 2 is 0.667 bits per heavy atom. The predicted molar refractivity (Wildman–Crippen MR) is 57.5 cm³/mol. The van der Waals surface area contributed by atoms with Gasteiger partial charge in [0.25, 0.3) is 0 Å². The smallest absolute Gasteiger partial charge is 0.259 e. The zero-order valence-corrected chi connectivity index (χ0v) is 13.9. The Kier molecular flexibility index (Phi) is 7.05. The SMILES string of the molecule is O=[N+]([O-])C(F)(F)C(F)(F)C(F)(F)C(F)(F)C(F)(F)C(F)(F)C(F)(F)C(F)(F)C(F)(F)C(F)F. The zero-order chi connectivity index (χ0) is 27.7. The van der Waals surface area contributed by atoms with Gasteiger partial charge < -0.3 is 0 Å². The third kappa shape index (κ3) is 3.50. The maximum Gasteiger partial charge on any atom is 0.582 e. The number of hydrogen-bond acceptors (Lipinski definition) is 2. The lowest BCUT2D eigenvalue weighted by atomic mass is 9.87. The molecule has 23 heteroatoms. The van der Waals surface area contributed by atoms with Gasteiger partial charge in [0, 0.05) is 0 Å². The van der Waals surface area contributed by atoms with E-state index in [0.717, 1.165) is 0 Å². The van der Waals surface area contributed by atoms with Crippen LogP contribution in [0.2, 0.25) is 0 Å². The molecule has 0 spiro atoms. The molecular formula is C10HF20NO2. The Hall–Kier alpha value is -2.00. The standard InChI is InChI=1S/C10HF20NO2/c11-1(12)2(13,14)3(15,16)4(17,18)5(19,20)6(21,22)7(23,24)8(25,26)9(27,28)10(29,30)31(32)33/h1H. The molecule has 0 saturated heterocycles. The summed E-state index contributed by atoms with van der Waals surface area (Å²) in [6.07, 6.45) is -6.15. The number of alkyl halides is 20. The van der Waals surface area contributed by atoms with E-state index in [1.54, 1.807) is 0 Å². The number of nitrogens with zero attached hydrogens (tertiary/aromatic N) is 1. The van der Waals surface area contributed by atoms with Gasteiger partial charge in [0.2, 0.25) is 0 Å². The molecule has 198 valence electrons. The third-order valence-electron chi connectivity index (χ3n) is 3.67. The number of hydrogen-bond donors (Lipinski definition) is 0. The van der Waals surface area contributed by atoms with E-state index in [2.05, 4.69) is 0 Å². The van der Waals surface area contributed by atoms with Crippen molar-refractivity contribution in [2.75, 3.05) is 0 Å². The quantitative estimate of drug-likeness (QED) is 0.142. The Labute approximate surface area is 164 Å². The highest BCUT2D eigenvalue weighted by atomic mass is 19.4. The van der Waals surface area contributed by atoms with Gasteiger partial charge in [0.05, 0.1) is 0 Å². The molecule has 0 fully saturated rings. The monoisotopic (exact) mass is 547 g/mol. The van der Waals surface area contributed by atoms with E-state index in [4.69, 9.17) is 0 Å². The average Bonchev–Trinajstić information content (AvgIpc) is 2.59. The first-order valence-corrected chi connectivity index (χ1v) is 6.72. The van der Waals surface area contributed by atoms with Crippen LogP contribution in [0.1, 0.15) is 0 Å². The molecule has 33 heavy (non-hydrogen) atoms. The van der Waals surface area contributed by atoms with Crippen molar-refractivity contribution in [3.05, 3.63) is 10.1 Å². The van der Waals surface area contributed by atoms with Crippen molar-refractivity contribution in [3.8, 4) is 0 Å². The van der Waals surface area contributed by atoms with E-state index in [-0.39, 0.29) is 0 Å². The molecule has 0 amide bonds. The van der Waals surface area contributed by atoms with Crippen LogP contribution in [0.3, 0.4) is 0 Å². The largest absolute Gasteiger partial charge is 0.582 e. The fraction of sp³-hybridized carbons (Fsp3) is 1.00. The number of halogens is 20. The van der Waals surface area contributed by atoms with Crippen LogP contribution in [0, 0.1) is 10.1 Å². The normalized spacial score (nSPS) is 16.4. The van der Waals surface area contributed by atoms with Crippen molar-refractivity contribution >= 4 is 0 Å². The first kappa shape index (κ1) is 31.0. The minimum atomic E-state index is -9.18. The second-order valence-corrected chi connectivity index (χ2v) is 5.74. The molecule has 0 N–H and O–H groups in total. The van der Waals surface area contributed by atoms with Crippen molar-refractivity contribution in [1.82, 2.24) is 0 Å². The second kappa shape index (κ2) is 7.50. The molecule has 0 saturated carbocycles. The summed E-state index contributed by atoms with van der Waals surface area (Å²) < 4.78 is 257. The molecule has 0 unspecified atom stereocenters. The van der Waals surface area contributed by atoms with E-state index in [1.807, 2.05) is 0 Å². The molecule has 0 heterocycles. The van der Waals surface area contributed by atoms with Crippen molar-refractivity contribution < 1.29 is 92.7 Å². The highest BCUT2D eigenvalue weighted by Gasteiger charge is 2.98. The van der Waals surface area contributed by atoms with Crippen LogP contribution < -0.4 is 0 Å². The van der Waals surface area contributed by atoms with E-state index in [1.165, 1.54) is 0 Å². The highest BCUT2D eigenvalue weighted by Crippen LogP contribution is 2.65. The molecule has 0 atom stereocenters. The van der Waals surface area contributed by atoms with E-state index in [9.17, 15) is 97.9 Å². The van der Waals surface area contributed by atoms with Gasteiger partial charge in [-0.3, -0.25) is 10.1 Å². The van der Waals surface area contributed by atoms with Crippen molar-refractivity contribution in [1.29, 1.82) is 0 Å². The Morgan fingerprint density at radius 1 is 0.455 bits per heavy atom. The molecule has 0 aromatic carbocycles. The molecule has 0 aromatic rings. The van der Waals surface area contributed by atoms with Gasteiger partial charge in [-0.15, -0.1) is 8.78 Å². The third-order valence-corrected chi connectivity index (χ3v) is 3.67. The topological polar surface area (TPSA) is 43.1 Å². The summed E-state index contributed by atoms with van der Waals surface area (Å²) >= 11 is 0. The minimum absolute atomic E-state index is 3.86. The van der Waals surface area contributed by atoms with Crippen LogP contribution in [0.25, 0.3) is 0 Å². The summed E-state index contributed by atoms with van der Waals surface area (Å²) in [5.41, 5.74) is 0. The summed E-state index contributed by atoms with van der Waals surface area (Å²) in [4.78, 5) is 5.78. The Balaban J connectivity index is 7.03. The molecular weight excluding hydrogens is 546 g/mol. The molecule has 0 radical (unpaired) electrons. The maximum absolute atomic E-state index is 13.2. The first-order valence-electron chi connectivity index (χ1n) is 6.72. The van der Waals surface area contributed by atoms with Gasteiger partial charge in [-0.1, -0.05) is 0 Å². The van der Waals surface area contributed by atoms with Gasteiger partial charge in [-0.05, 0) is 0 Å². The minimum Gasteiger partial charge on any atom is -0.259 e. The molecule has 0 rings (SSSR count). The lowest BCUT2D eigenvalue weighted by Crippen LogP contribution is -2.76. The van der Waals surface area contributed by atoms with Crippen LogP contribution >= 0.6 is 0 Å². The van der Waals surface area contributed by atoms with Crippen LogP contribution in [-0.2, 0) is 0 Å². The van der Waals surface area contributed by atoms with E-state index >= 15 is 0 Å². The Morgan fingerprint density at radius 3 is 0.879 bits per heavy atom. The van der Waals surface area contributed by atoms with Crippen LogP contribution in [-0.4, -0.2) is 64.8 Å². The predicted octanol–water partition coefficient (Wildman–Crippen LogP) is 6.20. The lowest BCUT2D eigenvalue weighted by molar-refractivity contribution is -0.687. The van der Waals surface area contributed by atoms with Crippen LogP contribution in [0.5, 0.6) is 0 Å². The van der Waals surface area contributed by atoms with Gasteiger partial charge in [-0.25, -0.2) is 8.78 Å². The summed E-state index contributed by atoms with van der Waals surface area (Å²) in [7, 11) is 0. The summed E-state index contributed by atoms with van der Waals surface area (Å²) in [5.74, 6) is -70.0. The fourth-order valence-electron chi connectivity index (χ4n) is 1.64. The van der Waals surface area contributed by atoms with E-state index < -0.39 is 64.8 Å². The highest BCUT2D eigenvalue weighted by molar-refractivity contribution is 5.16. The van der Waals surface area contributed by atoms with Gasteiger partial charge in [-0.2, -0.15) is 70.2 Å². The molecule has 0 aliphatic heterocycles. The van der Waals surface area contributed by atoms with Crippen LogP contribution in [0.15, 0.2) is 0 Å². The van der Waals surface area contributed by atoms with Gasteiger partial charge in [0.15, 0.2) is 0 Å². The maximum atomic E-state index is 13.2. The lowest BCUT2D eigenvalue weighted by Gasteiger charge is -2.43. The summed E-state index contributed by atoms with van der Waals surface area (Å²) in [5, 5.41) is 9.64. The van der Waals surface area contributed by atoms with Crippen molar-refractivity contribution in [3.63, 3.8) is 0 Å². The number of nitro groups is 1. The summed E-state index contributed by atoms with van der Waals surface area (Å²) in [6.45, 7) is 0. The molecule has 3 nitrogen and oxygen atoms in total. The fourth-order valence-corrected chi connectivity index (χ4v) is 1.64. The molecule has 0 aliphatic carbocycles. The zero-order valence-electron chi connectivity index (χ0n) is 13.9. The van der Waals surface area contributed by atoms with Crippen molar-refractivity contribution in [2.45, 2.75) is 59.9 Å². The van der Waals surface area contributed by atoms with Crippen molar-refractivity contribution in [2.24, 2.45) is 0 Å². The van der Waals surface area contributed by atoms with Gasteiger partial charge in [0.1, 0.15) is 4.92 Å². The average molecular weight is 547 g/mol. The second-order valence-electron chi connectivity index (χ2n) is 5.74. The number of rotatable bonds is 10. The molecule has 0 bridgehead atoms. The molecule has 0 aliphatic rings. The van der Waals surface area contributed by atoms with E-state index in [0.29, 0.717) is 0 Å². The van der Waals surface area contributed by atoms with Crippen LogP contribution in [0.4, 0.5) is 87.8 Å². The Bertz CT molecular complexity index is 756. The first-order chi connectivity index (χ1) is 13.9. The summed E-state index contributed by atoms with van der Waals surface area (Å²) in [6, 6.07) is -7.75. The molecule has 0 aromatic heterocycles. The van der Waals surface area contributed by atoms with Gasteiger partial charge >= 0.3 is 59.9 Å².